The fourth-order valence-corrected chi connectivity index (χ4v) is 3.54. The van der Waals surface area contributed by atoms with Crippen molar-refractivity contribution in [3.8, 4) is 0 Å². The number of nitrogens with two attached hydrogens (primary N) is 2. The van der Waals surface area contributed by atoms with Gasteiger partial charge in [-0.05, 0) is 31.8 Å². The Morgan fingerprint density at radius 3 is 1.23 bits per heavy atom. The first kappa shape index (κ1) is 48.3. The van der Waals surface area contributed by atoms with Crippen LogP contribution in [-0.4, -0.2) is 93.0 Å². The van der Waals surface area contributed by atoms with Gasteiger partial charge in [0.25, 0.3) is 0 Å². The zero-order valence-electron chi connectivity index (χ0n) is 28.8. The molecule has 0 unspecified atom stereocenters. The van der Waals surface area contributed by atoms with E-state index in [1.807, 2.05) is 0 Å². The van der Waals surface area contributed by atoms with Crippen molar-refractivity contribution >= 4 is 11.9 Å². The molecule has 0 heterocycles. The first-order valence-electron chi connectivity index (χ1n) is 16.5. The molecule has 0 aliphatic carbocycles. The minimum atomic E-state index is -1.09. The van der Waals surface area contributed by atoms with E-state index in [1.165, 1.54) is 64.2 Å². The summed E-state index contributed by atoms with van der Waals surface area (Å²) in [7, 11) is 6.85. The molecule has 260 valence electrons. The van der Waals surface area contributed by atoms with Crippen molar-refractivity contribution in [2.45, 2.75) is 110 Å². The second kappa shape index (κ2) is 50.1. The van der Waals surface area contributed by atoms with E-state index in [2.05, 4.69) is 24.5 Å². The van der Waals surface area contributed by atoms with E-state index in [1.54, 1.807) is 34.5 Å². The molecule has 10 nitrogen and oxygen atoms in total. The Bertz CT molecular complexity index is 511. The van der Waals surface area contributed by atoms with Gasteiger partial charge in [-0.1, -0.05) is 90.6 Å². The number of methoxy groups -OCH3 is 4. The molecule has 0 aromatic carbocycles. The fourth-order valence-electron chi connectivity index (χ4n) is 3.54. The lowest BCUT2D eigenvalue weighted by Crippen LogP contribution is -2.86. The van der Waals surface area contributed by atoms with Crippen LogP contribution in [0.5, 0.6) is 0 Å². The highest BCUT2D eigenvalue weighted by Gasteiger charge is 1.92. The summed E-state index contributed by atoms with van der Waals surface area (Å²) in [6, 6.07) is 0. The number of allylic oxidation sites excluding steroid dienone is 1. The summed E-state index contributed by atoms with van der Waals surface area (Å²) in [6.45, 7) is 11.8. The molecule has 0 spiro atoms. The van der Waals surface area contributed by atoms with Crippen molar-refractivity contribution in [1.82, 2.24) is 0 Å². The standard InChI is InChI=1S/C11H22O2.C10H18O2.2C6H15NO2/c1-2-3-4-5-6-7-8-9-10-11(12)13;1-2-3-4-5-6-7-8-9-10(11)12;2*1-8-5-3-7-4-6-9-2/h2-10H2,1H3,(H,12,13);8-9H,2-7H2,1H3,(H,11,12);2*7H,3-6H2,1-2H3. The Morgan fingerprint density at radius 1 is 0.558 bits per heavy atom. The highest BCUT2D eigenvalue weighted by molar-refractivity contribution is 5.77. The van der Waals surface area contributed by atoms with Gasteiger partial charge < -0.3 is 49.4 Å². The Morgan fingerprint density at radius 2 is 0.907 bits per heavy atom. The number of carboxylic acid groups (broad SMARTS) is 2. The average molecular weight is 623 g/mol. The van der Waals surface area contributed by atoms with E-state index in [-0.39, 0.29) is 6.42 Å². The van der Waals surface area contributed by atoms with E-state index in [4.69, 9.17) is 18.9 Å². The molecule has 0 saturated carbocycles. The second-order valence-electron chi connectivity index (χ2n) is 10.2. The molecule has 43 heavy (non-hydrogen) atoms. The van der Waals surface area contributed by atoms with E-state index in [9.17, 15) is 19.8 Å². The molecular formula is C33H70N2O8. The summed E-state index contributed by atoms with van der Waals surface area (Å²) in [5.41, 5.74) is 0. The number of hydrogen-bond donors (Lipinski definition) is 2. The van der Waals surface area contributed by atoms with Crippen LogP contribution in [0.2, 0.25) is 0 Å². The molecule has 4 N–H and O–H groups in total. The third-order valence-electron chi connectivity index (χ3n) is 6.07. The molecule has 0 radical (unpaired) electrons. The normalized spacial score (nSPS) is 10.3. The van der Waals surface area contributed by atoms with Crippen LogP contribution in [0.15, 0.2) is 12.2 Å². The second-order valence-corrected chi connectivity index (χ2v) is 10.2. The number of rotatable bonds is 28. The van der Waals surface area contributed by atoms with E-state index in [0.717, 1.165) is 84.4 Å². The van der Waals surface area contributed by atoms with E-state index < -0.39 is 11.9 Å². The quantitative estimate of drug-likeness (QED) is 0.0987. The fraction of sp³-hybridized carbons (Fsp3) is 0.879. The highest BCUT2D eigenvalue weighted by atomic mass is 16.5. The Labute approximate surface area is 264 Å². The Hall–Kier alpha value is -1.56. The number of carbonyl (C=O) groups is 2. The molecular weight excluding hydrogens is 552 g/mol. The van der Waals surface area contributed by atoms with Gasteiger partial charge in [0.05, 0.1) is 58.6 Å². The topological polar surface area (TPSA) is 150 Å². The molecule has 0 fully saturated rings. The number of ether oxygens (including phenoxy) is 4. The SMILES string of the molecule is CCCCCCCC=CC(=O)[O-].CCCCCCCCCCC(=O)[O-].COCC[NH2+]CCOC.COCC[NH2+]CCOC. The zero-order chi connectivity index (χ0) is 33.1. The molecule has 0 aliphatic rings. The Kier molecular flexibility index (Phi) is 56.3. The largest absolute Gasteiger partial charge is 0.550 e. The number of aliphatic carboxylic acids is 2. The number of unbranched alkanes of at least 4 members (excludes halogenated alkanes) is 12. The van der Waals surface area contributed by atoms with Crippen molar-refractivity contribution in [1.29, 1.82) is 0 Å². The maximum absolute atomic E-state index is 10.1. The molecule has 0 aromatic heterocycles. The van der Waals surface area contributed by atoms with Crippen LogP contribution in [-0.2, 0) is 28.5 Å². The predicted octanol–water partition coefficient (Wildman–Crippen LogP) is 1.61. The number of quaternary nitrogens is 2. The van der Waals surface area contributed by atoms with Gasteiger partial charge in [-0.15, -0.1) is 0 Å². The van der Waals surface area contributed by atoms with Gasteiger partial charge in [0.1, 0.15) is 0 Å². The molecule has 0 amide bonds. The molecule has 0 rings (SSSR count). The third-order valence-corrected chi connectivity index (χ3v) is 6.07. The van der Waals surface area contributed by atoms with E-state index >= 15 is 0 Å². The van der Waals surface area contributed by atoms with Crippen LogP contribution < -0.4 is 20.8 Å². The molecule has 0 atom stereocenters. The summed E-state index contributed by atoms with van der Waals surface area (Å²) in [5.74, 6) is -2.01. The number of carbonyl (C=O) groups excluding carboxylic acids is 2. The third kappa shape index (κ3) is 68.9. The summed E-state index contributed by atoms with van der Waals surface area (Å²) in [4.78, 5) is 20.0. The monoisotopic (exact) mass is 623 g/mol. The predicted molar refractivity (Wildman–Crippen MR) is 171 cm³/mol. The maximum Gasteiger partial charge on any atom is 0.0993 e. The first-order valence-corrected chi connectivity index (χ1v) is 16.5. The van der Waals surface area contributed by atoms with Crippen LogP contribution in [0.4, 0.5) is 0 Å². The lowest BCUT2D eigenvalue weighted by molar-refractivity contribution is -0.657. The Balaban J connectivity index is -0.000000239. The van der Waals surface area contributed by atoms with Crippen LogP contribution in [0.3, 0.4) is 0 Å². The summed E-state index contributed by atoms with van der Waals surface area (Å²) in [6.07, 6.45) is 19.5. The van der Waals surface area contributed by atoms with Crippen molar-refractivity contribution in [2.75, 3.05) is 81.0 Å². The van der Waals surface area contributed by atoms with Crippen molar-refractivity contribution in [3.63, 3.8) is 0 Å². The van der Waals surface area contributed by atoms with Crippen LogP contribution >= 0.6 is 0 Å². The maximum atomic E-state index is 10.1. The van der Waals surface area contributed by atoms with Gasteiger partial charge in [-0.3, -0.25) is 0 Å². The lowest BCUT2D eigenvalue weighted by Gasteiger charge is -2.02. The van der Waals surface area contributed by atoms with Gasteiger partial charge in [0.2, 0.25) is 0 Å². The average Bonchev–Trinajstić information content (AvgIpc) is 2.99. The molecule has 0 aromatic rings. The van der Waals surface area contributed by atoms with Gasteiger partial charge in [0, 0.05) is 34.4 Å². The van der Waals surface area contributed by atoms with Crippen LogP contribution in [0.25, 0.3) is 0 Å². The summed E-state index contributed by atoms with van der Waals surface area (Å²) >= 11 is 0. The van der Waals surface area contributed by atoms with Gasteiger partial charge in [0.15, 0.2) is 0 Å². The van der Waals surface area contributed by atoms with Crippen molar-refractivity contribution in [3.05, 3.63) is 12.2 Å². The van der Waals surface area contributed by atoms with Crippen LogP contribution in [0, 0.1) is 0 Å². The van der Waals surface area contributed by atoms with Gasteiger partial charge in [-0.2, -0.15) is 0 Å². The van der Waals surface area contributed by atoms with Crippen LogP contribution in [0.1, 0.15) is 110 Å². The minimum Gasteiger partial charge on any atom is -0.550 e. The summed E-state index contributed by atoms with van der Waals surface area (Å²) in [5, 5.41) is 24.3. The minimum absolute atomic E-state index is 0.231. The lowest BCUT2D eigenvalue weighted by atomic mass is 10.1. The smallest absolute Gasteiger partial charge is 0.0993 e. The van der Waals surface area contributed by atoms with Crippen molar-refractivity contribution in [2.24, 2.45) is 0 Å². The molecule has 0 saturated heterocycles. The molecule has 0 bridgehead atoms. The van der Waals surface area contributed by atoms with Crippen molar-refractivity contribution < 1.29 is 49.4 Å². The zero-order valence-corrected chi connectivity index (χ0v) is 28.8. The van der Waals surface area contributed by atoms with Gasteiger partial charge in [-0.25, -0.2) is 0 Å². The number of hydrogen-bond acceptors (Lipinski definition) is 8. The first-order chi connectivity index (χ1) is 20.9. The van der Waals surface area contributed by atoms with Gasteiger partial charge >= 0.3 is 0 Å². The van der Waals surface area contributed by atoms with E-state index in [0.29, 0.717) is 0 Å². The highest BCUT2D eigenvalue weighted by Crippen LogP contribution is 2.09. The number of carboxylic acids is 2. The molecule has 0 aliphatic heterocycles. The summed E-state index contributed by atoms with van der Waals surface area (Å²) < 4.78 is 19.4. The molecule has 10 heteroatoms.